The van der Waals surface area contributed by atoms with E-state index >= 15 is 0 Å². The number of hydrogen-bond donors (Lipinski definition) is 1. The van der Waals surface area contributed by atoms with Gasteiger partial charge in [0.1, 0.15) is 5.82 Å². The predicted molar refractivity (Wildman–Crippen MR) is 99.3 cm³/mol. The van der Waals surface area contributed by atoms with Gasteiger partial charge < -0.3 is 5.32 Å². The molecule has 0 saturated carbocycles. The molecule has 0 unspecified atom stereocenters. The number of aryl methyl sites for hydroxylation is 3. The van der Waals surface area contributed by atoms with Gasteiger partial charge in [0.25, 0.3) is 5.91 Å². The zero-order chi connectivity index (χ0) is 17.2. The second-order valence-electron chi connectivity index (χ2n) is 6.56. The zero-order valence-corrected chi connectivity index (χ0v) is 14.3. The van der Waals surface area contributed by atoms with Crippen molar-refractivity contribution in [3.8, 4) is 5.69 Å². The number of amides is 1. The van der Waals surface area contributed by atoms with Crippen LogP contribution in [0.5, 0.6) is 0 Å². The number of anilines is 1. The van der Waals surface area contributed by atoms with Crippen molar-refractivity contribution < 1.29 is 4.79 Å². The molecule has 1 heterocycles. The second-order valence-corrected chi connectivity index (χ2v) is 6.56. The van der Waals surface area contributed by atoms with Crippen molar-refractivity contribution in [2.75, 3.05) is 5.32 Å². The summed E-state index contributed by atoms with van der Waals surface area (Å²) in [5.74, 6) is 0.594. The maximum Gasteiger partial charge on any atom is 0.256 e. The molecule has 4 rings (SSSR count). The lowest BCUT2D eigenvalue weighted by atomic mass is 9.90. The van der Waals surface area contributed by atoms with Crippen molar-refractivity contribution in [1.29, 1.82) is 0 Å². The number of rotatable bonds is 3. The molecule has 1 aliphatic carbocycles. The topological polar surface area (TPSA) is 46.9 Å². The molecule has 126 valence electrons. The minimum Gasteiger partial charge on any atom is -0.306 e. The molecule has 1 N–H and O–H groups in total. The Morgan fingerprint density at radius 1 is 1.00 bits per heavy atom. The molecular weight excluding hydrogens is 310 g/mol. The van der Waals surface area contributed by atoms with Crippen LogP contribution in [0.15, 0.2) is 54.6 Å². The maximum absolute atomic E-state index is 12.7. The number of aromatic nitrogens is 2. The fraction of sp³-hybridized carbons (Fsp3) is 0.238. The summed E-state index contributed by atoms with van der Waals surface area (Å²) in [4.78, 5) is 12.7. The molecule has 0 bridgehead atoms. The lowest BCUT2D eigenvalue weighted by molar-refractivity contribution is 0.102. The van der Waals surface area contributed by atoms with Gasteiger partial charge in [-0.25, -0.2) is 4.68 Å². The number of carbonyl (C=O) groups excluding carboxylic acids is 1. The molecule has 0 fully saturated rings. The van der Waals surface area contributed by atoms with Gasteiger partial charge in [-0.2, -0.15) is 5.10 Å². The number of nitrogens with one attached hydrogen (secondary N) is 1. The molecule has 1 aromatic heterocycles. The quantitative estimate of drug-likeness (QED) is 0.777. The minimum absolute atomic E-state index is 0.0922. The first-order valence-electron chi connectivity index (χ1n) is 8.76. The van der Waals surface area contributed by atoms with Crippen molar-refractivity contribution >= 4 is 11.7 Å². The molecule has 4 heteroatoms. The molecule has 1 amide bonds. The summed E-state index contributed by atoms with van der Waals surface area (Å²) in [5.41, 5.74) is 5.19. The number of fused-ring (bicyclic) bond motifs is 1. The Bertz CT molecular complexity index is 912. The van der Waals surface area contributed by atoms with Crippen molar-refractivity contribution in [2.24, 2.45) is 0 Å². The van der Waals surface area contributed by atoms with Crippen molar-refractivity contribution in [3.63, 3.8) is 0 Å². The first-order valence-corrected chi connectivity index (χ1v) is 8.76. The van der Waals surface area contributed by atoms with E-state index in [1.165, 1.54) is 24.0 Å². The standard InChI is InChI=1S/C21H21N3O/c1-15-13-20(24(23-15)19-9-3-2-4-10-19)22-21(25)18-12-11-16-7-5-6-8-17(16)14-18/h2-4,9-14H,5-8H2,1H3,(H,22,25). The second kappa shape index (κ2) is 6.55. The molecular formula is C21H21N3O. The molecule has 0 atom stereocenters. The monoisotopic (exact) mass is 331 g/mol. The lowest BCUT2D eigenvalue weighted by Crippen LogP contribution is -2.16. The van der Waals surface area contributed by atoms with Gasteiger partial charge in [0.15, 0.2) is 0 Å². The van der Waals surface area contributed by atoms with Crippen LogP contribution in [-0.2, 0) is 12.8 Å². The number of hydrogen-bond acceptors (Lipinski definition) is 2. The Labute approximate surface area is 147 Å². The predicted octanol–water partition coefficient (Wildman–Crippen LogP) is 4.31. The average molecular weight is 331 g/mol. The van der Waals surface area contributed by atoms with Crippen LogP contribution in [0.3, 0.4) is 0 Å². The number of benzene rings is 2. The Balaban J connectivity index is 1.61. The van der Waals surface area contributed by atoms with Crippen LogP contribution in [0.2, 0.25) is 0 Å². The van der Waals surface area contributed by atoms with Crippen LogP contribution in [0.25, 0.3) is 5.69 Å². The molecule has 0 saturated heterocycles. The molecule has 0 aliphatic heterocycles. The average Bonchev–Trinajstić information content (AvgIpc) is 3.02. The van der Waals surface area contributed by atoms with Crippen molar-refractivity contribution in [1.82, 2.24) is 9.78 Å². The minimum atomic E-state index is -0.0922. The summed E-state index contributed by atoms with van der Waals surface area (Å²) < 4.78 is 1.77. The Morgan fingerprint density at radius 3 is 2.56 bits per heavy atom. The first-order chi connectivity index (χ1) is 12.2. The van der Waals surface area contributed by atoms with E-state index in [9.17, 15) is 4.79 Å². The highest BCUT2D eigenvalue weighted by atomic mass is 16.1. The van der Waals surface area contributed by atoms with Crippen molar-refractivity contribution in [2.45, 2.75) is 32.6 Å². The summed E-state index contributed by atoms with van der Waals surface area (Å²) in [7, 11) is 0. The van der Waals surface area contributed by atoms with Crippen LogP contribution in [-0.4, -0.2) is 15.7 Å². The van der Waals surface area contributed by atoms with Gasteiger partial charge >= 0.3 is 0 Å². The number of para-hydroxylation sites is 1. The highest BCUT2D eigenvalue weighted by molar-refractivity contribution is 6.04. The highest BCUT2D eigenvalue weighted by Crippen LogP contribution is 2.23. The van der Waals surface area contributed by atoms with E-state index in [1.807, 2.05) is 55.5 Å². The fourth-order valence-electron chi connectivity index (χ4n) is 3.42. The third-order valence-corrected chi connectivity index (χ3v) is 4.68. The zero-order valence-electron chi connectivity index (χ0n) is 14.3. The third-order valence-electron chi connectivity index (χ3n) is 4.68. The summed E-state index contributed by atoms with van der Waals surface area (Å²) in [6, 6.07) is 17.8. The van der Waals surface area contributed by atoms with Crippen LogP contribution < -0.4 is 5.32 Å². The van der Waals surface area contributed by atoms with Crippen LogP contribution in [0.1, 0.15) is 40.0 Å². The third kappa shape index (κ3) is 3.20. The molecule has 4 nitrogen and oxygen atoms in total. The lowest BCUT2D eigenvalue weighted by Gasteiger charge is -2.16. The summed E-state index contributed by atoms with van der Waals surface area (Å²) >= 11 is 0. The van der Waals surface area contributed by atoms with E-state index in [0.29, 0.717) is 11.4 Å². The van der Waals surface area contributed by atoms with Gasteiger partial charge in [0, 0.05) is 11.6 Å². The van der Waals surface area contributed by atoms with E-state index in [4.69, 9.17) is 0 Å². The Hall–Kier alpha value is -2.88. The van der Waals surface area contributed by atoms with Gasteiger partial charge in [-0.05, 0) is 68.0 Å². The van der Waals surface area contributed by atoms with Gasteiger partial charge in [0.2, 0.25) is 0 Å². The summed E-state index contributed by atoms with van der Waals surface area (Å²) in [6.45, 7) is 1.92. The summed E-state index contributed by atoms with van der Waals surface area (Å²) in [5, 5.41) is 7.51. The summed E-state index contributed by atoms with van der Waals surface area (Å²) in [6.07, 6.45) is 4.64. The molecule has 0 spiro atoms. The smallest absolute Gasteiger partial charge is 0.256 e. The Kier molecular flexibility index (Phi) is 4.10. The van der Waals surface area contributed by atoms with E-state index in [2.05, 4.69) is 16.5 Å². The fourth-order valence-corrected chi connectivity index (χ4v) is 3.42. The van der Waals surface area contributed by atoms with E-state index in [-0.39, 0.29) is 5.91 Å². The molecule has 25 heavy (non-hydrogen) atoms. The molecule has 3 aromatic rings. The van der Waals surface area contributed by atoms with Gasteiger partial charge in [-0.1, -0.05) is 24.3 Å². The largest absolute Gasteiger partial charge is 0.306 e. The molecule has 0 radical (unpaired) electrons. The van der Waals surface area contributed by atoms with Gasteiger partial charge in [-0.15, -0.1) is 0 Å². The van der Waals surface area contributed by atoms with Crippen molar-refractivity contribution in [3.05, 3.63) is 77.0 Å². The van der Waals surface area contributed by atoms with E-state index < -0.39 is 0 Å². The molecule has 1 aliphatic rings. The highest BCUT2D eigenvalue weighted by Gasteiger charge is 2.15. The maximum atomic E-state index is 12.7. The van der Waals surface area contributed by atoms with Crippen LogP contribution in [0.4, 0.5) is 5.82 Å². The normalized spacial score (nSPS) is 13.3. The Morgan fingerprint density at radius 2 is 1.76 bits per heavy atom. The molecule has 2 aromatic carbocycles. The van der Waals surface area contributed by atoms with Crippen LogP contribution >= 0.6 is 0 Å². The van der Waals surface area contributed by atoms with E-state index in [0.717, 1.165) is 24.2 Å². The van der Waals surface area contributed by atoms with Gasteiger partial charge in [0.05, 0.1) is 11.4 Å². The van der Waals surface area contributed by atoms with Crippen LogP contribution in [0, 0.1) is 6.92 Å². The number of nitrogens with zero attached hydrogens (tertiary/aromatic N) is 2. The number of carbonyl (C=O) groups is 1. The van der Waals surface area contributed by atoms with Gasteiger partial charge in [-0.3, -0.25) is 4.79 Å². The SMILES string of the molecule is Cc1cc(NC(=O)c2ccc3c(c2)CCCC3)n(-c2ccccc2)n1. The van der Waals surface area contributed by atoms with E-state index in [1.54, 1.807) is 4.68 Å². The first kappa shape index (κ1) is 15.6.